The summed E-state index contributed by atoms with van der Waals surface area (Å²) in [5, 5.41) is 0.306. The van der Waals surface area contributed by atoms with Crippen LogP contribution in [-0.4, -0.2) is 17.6 Å². The maximum absolute atomic E-state index is 13.9. The van der Waals surface area contributed by atoms with Crippen LogP contribution in [0.2, 0.25) is 5.02 Å². The second-order valence-corrected chi connectivity index (χ2v) is 5.66. The summed E-state index contributed by atoms with van der Waals surface area (Å²) in [4.78, 5) is 24.5. The van der Waals surface area contributed by atoms with Crippen LogP contribution in [0.1, 0.15) is 32.5 Å². The Bertz CT molecular complexity index is 553. The van der Waals surface area contributed by atoms with Gasteiger partial charge >= 0.3 is 6.09 Å². The molecule has 4 nitrogen and oxygen atoms in total. The number of anilines is 1. The van der Waals surface area contributed by atoms with E-state index in [0.29, 0.717) is 9.92 Å². The van der Waals surface area contributed by atoms with E-state index in [1.54, 1.807) is 20.8 Å². The van der Waals surface area contributed by atoms with Gasteiger partial charge in [-0.25, -0.2) is 14.1 Å². The Labute approximate surface area is 115 Å². The maximum atomic E-state index is 13.9. The van der Waals surface area contributed by atoms with Crippen molar-refractivity contribution >= 4 is 29.3 Å². The quantitative estimate of drug-likeness (QED) is 0.731. The third-order valence-corrected chi connectivity index (χ3v) is 2.75. The molecule has 6 heteroatoms. The largest absolute Gasteiger partial charge is 0.443 e. The summed E-state index contributed by atoms with van der Waals surface area (Å²) >= 11 is 5.76. The summed E-state index contributed by atoms with van der Waals surface area (Å²) in [6.07, 6.45) is -2.78. The minimum absolute atomic E-state index is 0.0864. The standard InChI is InChI=1S/C13H13ClFNO3/c1-13(2,3)19-12(18)16-9-5-4-7(14)6-8(9)10(15)11(16)17/h4-6,10H,1-3H3. The minimum atomic E-state index is -1.89. The normalized spacial score (nSPS) is 18.5. The first kappa shape index (κ1) is 13.8. The van der Waals surface area contributed by atoms with Crippen molar-refractivity contribution in [2.45, 2.75) is 32.5 Å². The SMILES string of the molecule is CC(C)(C)OC(=O)N1C(=O)C(F)c2cc(Cl)ccc21. The maximum Gasteiger partial charge on any atom is 0.421 e. The van der Waals surface area contributed by atoms with Crippen LogP contribution in [-0.2, 0) is 9.53 Å². The van der Waals surface area contributed by atoms with E-state index in [1.165, 1.54) is 18.2 Å². The number of carbonyl (C=O) groups is 2. The molecule has 1 aromatic rings. The van der Waals surface area contributed by atoms with Gasteiger partial charge in [0.1, 0.15) is 5.60 Å². The zero-order chi connectivity index (χ0) is 14.4. The number of benzene rings is 1. The van der Waals surface area contributed by atoms with Crippen molar-refractivity contribution in [3.05, 3.63) is 28.8 Å². The molecule has 1 aliphatic heterocycles. The van der Waals surface area contributed by atoms with E-state index in [1.807, 2.05) is 0 Å². The summed E-state index contributed by atoms with van der Waals surface area (Å²) in [6.45, 7) is 5.00. The summed E-state index contributed by atoms with van der Waals surface area (Å²) < 4.78 is 19.0. The fourth-order valence-electron chi connectivity index (χ4n) is 1.79. The number of amides is 2. The van der Waals surface area contributed by atoms with Gasteiger partial charge in [0.25, 0.3) is 5.91 Å². The lowest BCUT2D eigenvalue weighted by Gasteiger charge is -2.23. The van der Waals surface area contributed by atoms with E-state index < -0.39 is 23.8 Å². The molecule has 1 aromatic carbocycles. The first-order chi connectivity index (χ1) is 8.70. The predicted molar refractivity (Wildman–Crippen MR) is 69.0 cm³/mol. The first-order valence-electron chi connectivity index (χ1n) is 5.71. The monoisotopic (exact) mass is 285 g/mol. The van der Waals surface area contributed by atoms with Gasteiger partial charge in [-0.1, -0.05) is 11.6 Å². The van der Waals surface area contributed by atoms with Gasteiger partial charge in [0, 0.05) is 10.6 Å². The zero-order valence-electron chi connectivity index (χ0n) is 10.7. The second kappa shape index (κ2) is 4.49. The predicted octanol–water partition coefficient (Wildman–Crippen LogP) is 3.63. The van der Waals surface area contributed by atoms with Gasteiger partial charge in [-0.3, -0.25) is 4.79 Å². The van der Waals surface area contributed by atoms with E-state index in [2.05, 4.69) is 0 Å². The molecule has 1 unspecified atom stereocenters. The molecule has 2 amide bonds. The number of imide groups is 1. The van der Waals surface area contributed by atoms with Crippen molar-refractivity contribution in [2.24, 2.45) is 0 Å². The summed E-state index contributed by atoms with van der Waals surface area (Å²) in [6, 6.07) is 4.26. The minimum Gasteiger partial charge on any atom is -0.443 e. The third kappa shape index (κ3) is 2.56. The van der Waals surface area contributed by atoms with Gasteiger partial charge in [-0.05, 0) is 39.0 Å². The van der Waals surface area contributed by atoms with Gasteiger partial charge in [-0.15, -0.1) is 0 Å². The van der Waals surface area contributed by atoms with Crippen molar-refractivity contribution in [2.75, 3.05) is 4.90 Å². The lowest BCUT2D eigenvalue weighted by Crippen LogP contribution is -2.39. The Balaban J connectivity index is 2.39. The number of rotatable bonds is 0. The molecule has 0 N–H and O–H groups in total. The molecular formula is C13H13ClFNO3. The number of ether oxygens (including phenoxy) is 1. The molecule has 0 aromatic heterocycles. The van der Waals surface area contributed by atoms with Crippen LogP contribution >= 0.6 is 11.6 Å². The Kier molecular flexibility index (Phi) is 3.26. The van der Waals surface area contributed by atoms with Crippen molar-refractivity contribution < 1.29 is 18.7 Å². The molecule has 102 valence electrons. The van der Waals surface area contributed by atoms with Crippen molar-refractivity contribution in [1.82, 2.24) is 0 Å². The summed E-state index contributed by atoms with van der Waals surface area (Å²) in [5.74, 6) is -0.952. The fourth-order valence-corrected chi connectivity index (χ4v) is 1.97. The summed E-state index contributed by atoms with van der Waals surface area (Å²) in [7, 11) is 0. The smallest absolute Gasteiger partial charge is 0.421 e. The highest BCUT2D eigenvalue weighted by molar-refractivity contribution is 6.31. The first-order valence-corrected chi connectivity index (χ1v) is 6.09. The lowest BCUT2D eigenvalue weighted by molar-refractivity contribution is -0.122. The highest BCUT2D eigenvalue weighted by atomic mass is 35.5. The highest BCUT2D eigenvalue weighted by Gasteiger charge is 2.43. The number of halogens is 2. The fraction of sp³-hybridized carbons (Fsp3) is 0.385. The topological polar surface area (TPSA) is 46.6 Å². The van der Waals surface area contributed by atoms with E-state index in [0.717, 1.165) is 0 Å². The number of carbonyl (C=O) groups excluding carboxylic acids is 2. The van der Waals surface area contributed by atoms with Crippen LogP contribution in [0, 0.1) is 0 Å². The Morgan fingerprint density at radius 3 is 2.63 bits per heavy atom. The van der Waals surface area contributed by atoms with Gasteiger partial charge in [-0.2, -0.15) is 0 Å². The van der Waals surface area contributed by atoms with Crippen LogP contribution < -0.4 is 4.90 Å². The second-order valence-electron chi connectivity index (χ2n) is 5.22. The van der Waals surface area contributed by atoms with Gasteiger partial charge in [0.05, 0.1) is 5.69 Å². The molecule has 2 rings (SSSR count). The van der Waals surface area contributed by atoms with Crippen LogP contribution in [0.25, 0.3) is 0 Å². The molecule has 1 aliphatic rings. The van der Waals surface area contributed by atoms with E-state index in [4.69, 9.17) is 16.3 Å². The molecule has 1 atom stereocenters. The molecule has 0 spiro atoms. The molecule has 0 fully saturated rings. The third-order valence-electron chi connectivity index (χ3n) is 2.52. The van der Waals surface area contributed by atoms with Crippen molar-refractivity contribution in [3.8, 4) is 0 Å². The molecule has 0 saturated carbocycles. The molecule has 0 bridgehead atoms. The average Bonchev–Trinajstić information content (AvgIpc) is 2.50. The van der Waals surface area contributed by atoms with E-state index in [-0.39, 0.29) is 11.3 Å². The van der Waals surface area contributed by atoms with Gasteiger partial charge in [0.15, 0.2) is 0 Å². The van der Waals surface area contributed by atoms with E-state index >= 15 is 0 Å². The van der Waals surface area contributed by atoms with Crippen LogP contribution in [0.15, 0.2) is 18.2 Å². The Hall–Kier alpha value is -1.62. The zero-order valence-corrected chi connectivity index (χ0v) is 11.5. The molecule has 0 saturated heterocycles. The Morgan fingerprint density at radius 1 is 1.42 bits per heavy atom. The molecule has 0 radical (unpaired) electrons. The van der Waals surface area contributed by atoms with E-state index in [9.17, 15) is 14.0 Å². The average molecular weight is 286 g/mol. The molecular weight excluding hydrogens is 273 g/mol. The van der Waals surface area contributed by atoms with Gasteiger partial charge < -0.3 is 4.74 Å². The number of hydrogen-bond donors (Lipinski definition) is 0. The van der Waals surface area contributed by atoms with Crippen LogP contribution in [0.4, 0.5) is 14.9 Å². The number of fused-ring (bicyclic) bond motifs is 1. The van der Waals surface area contributed by atoms with Crippen LogP contribution in [0.3, 0.4) is 0 Å². The molecule has 19 heavy (non-hydrogen) atoms. The Morgan fingerprint density at radius 2 is 2.05 bits per heavy atom. The highest BCUT2D eigenvalue weighted by Crippen LogP contribution is 2.40. The molecule has 0 aliphatic carbocycles. The molecule has 1 heterocycles. The van der Waals surface area contributed by atoms with Gasteiger partial charge in [0.2, 0.25) is 6.17 Å². The lowest BCUT2D eigenvalue weighted by atomic mass is 10.1. The van der Waals surface area contributed by atoms with Crippen molar-refractivity contribution in [3.63, 3.8) is 0 Å². The van der Waals surface area contributed by atoms with Crippen LogP contribution in [0.5, 0.6) is 0 Å². The summed E-state index contributed by atoms with van der Waals surface area (Å²) in [5.41, 5.74) is -0.502. The number of hydrogen-bond acceptors (Lipinski definition) is 3. The number of nitrogens with zero attached hydrogens (tertiary/aromatic N) is 1. The van der Waals surface area contributed by atoms with Crippen molar-refractivity contribution in [1.29, 1.82) is 0 Å². The number of alkyl halides is 1.